The first-order valence-electron chi connectivity index (χ1n) is 10.6. The van der Waals surface area contributed by atoms with Crippen LogP contribution in [0, 0.1) is 0 Å². The molecule has 2 atom stereocenters. The van der Waals surface area contributed by atoms with Crippen LogP contribution in [-0.2, 0) is 4.79 Å². The minimum Gasteiger partial charge on any atom is -0.404 e. The maximum atomic E-state index is 11.9. The first kappa shape index (κ1) is 22.1. The molecule has 2 heterocycles. The molecule has 0 saturated heterocycles. The highest BCUT2D eigenvalue weighted by molar-refractivity contribution is 5.98. The van der Waals surface area contributed by atoms with Gasteiger partial charge in [0.1, 0.15) is 17.6 Å². The van der Waals surface area contributed by atoms with E-state index in [1.165, 1.54) is 24.1 Å². The summed E-state index contributed by atoms with van der Waals surface area (Å²) in [4.78, 5) is 33.1. The molecule has 0 bridgehead atoms. The lowest BCUT2D eigenvalue weighted by molar-refractivity contribution is -0.132. The molecule has 1 aliphatic carbocycles. The molecule has 33 heavy (non-hydrogen) atoms. The topological polar surface area (TPSA) is 176 Å². The molecule has 12 heteroatoms. The van der Waals surface area contributed by atoms with E-state index in [0.29, 0.717) is 17.3 Å². The Balaban J connectivity index is 1.57. The van der Waals surface area contributed by atoms with Crippen LogP contribution in [-0.4, -0.2) is 48.9 Å². The van der Waals surface area contributed by atoms with Crippen molar-refractivity contribution in [1.82, 2.24) is 25.0 Å². The van der Waals surface area contributed by atoms with E-state index in [1.807, 2.05) is 0 Å². The second-order valence-corrected chi connectivity index (χ2v) is 7.76. The summed E-state index contributed by atoms with van der Waals surface area (Å²) in [6.07, 6.45) is 6.79. The number of carbonyl (C=O) groups is 2. The molecule has 2 aromatic heterocycles. The predicted molar refractivity (Wildman–Crippen MR) is 120 cm³/mol. The molecule has 1 saturated carbocycles. The van der Waals surface area contributed by atoms with Crippen molar-refractivity contribution in [3.8, 4) is 11.6 Å². The van der Waals surface area contributed by atoms with Gasteiger partial charge in [0.05, 0.1) is 5.69 Å². The molecule has 1 fully saturated rings. The first-order valence-corrected chi connectivity index (χ1v) is 10.6. The smallest absolute Gasteiger partial charge is 0.309 e. The Morgan fingerprint density at radius 2 is 2.03 bits per heavy atom. The highest BCUT2D eigenvalue weighted by Gasteiger charge is 2.23. The third kappa shape index (κ3) is 5.41. The lowest BCUT2D eigenvalue weighted by Crippen LogP contribution is -2.43. The molecule has 1 aliphatic rings. The third-order valence-electron chi connectivity index (χ3n) is 5.25. The standard InChI is InChI=1S/C21H25N9O3/c1-12(31)33-18-11-25-30(29-18)14-6-4-5-13(9-14)26-20-15(19(23)32)10-24-21(28-20)27-17-8-3-2-7-16(17)22/h4-6,9-11,16-17H,2-3,7-8,22H2,1H3,(H2,23,32)(H2,24,26,27,28)/t16-,17+/m0/s1. The summed E-state index contributed by atoms with van der Waals surface area (Å²) in [5.41, 5.74) is 13.1. The summed E-state index contributed by atoms with van der Waals surface area (Å²) >= 11 is 0. The van der Waals surface area contributed by atoms with E-state index in [1.54, 1.807) is 24.3 Å². The third-order valence-corrected chi connectivity index (χ3v) is 5.25. The Bertz CT molecular complexity index is 1160. The van der Waals surface area contributed by atoms with Crippen molar-refractivity contribution in [2.45, 2.75) is 44.7 Å². The zero-order valence-electron chi connectivity index (χ0n) is 18.1. The minimum atomic E-state index is -0.658. The highest BCUT2D eigenvalue weighted by Crippen LogP contribution is 2.24. The van der Waals surface area contributed by atoms with E-state index < -0.39 is 11.9 Å². The molecule has 3 aromatic rings. The van der Waals surface area contributed by atoms with Gasteiger partial charge in [0.15, 0.2) is 0 Å². The first-order chi connectivity index (χ1) is 15.9. The van der Waals surface area contributed by atoms with Crippen molar-refractivity contribution < 1.29 is 14.3 Å². The van der Waals surface area contributed by atoms with Crippen LogP contribution < -0.4 is 26.8 Å². The molecular formula is C21H25N9O3. The van der Waals surface area contributed by atoms with Crippen LogP contribution >= 0.6 is 0 Å². The molecule has 4 rings (SSSR count). The number of aromatic nitrogens is 5. The fourth-order valence-electron chi connectivity index (χ4n) is 3.64. The summed E-state index contributed by atoms with van der Waals surface area (Å²) in [7, 11) is 0. The molecule has 0 spiro atoms. The summed E-state index contributed by atoms with van der Waals surface area (Å²) in [6, 6.07) is 7.16. The Morgan fingerprint density at radius 1 is 1.21 bits per heavy atom. The van der Waals surface area contributed by atoms with E-state index in [0.717, 1.165) is 25.7 Å². The Labute approximate surface area is 189 Å². The average molecular weight is 451 g/mol. The summed E-state index contributed by atoms with van der Waals surface area (Å²) < 4.78 is 4.93. The lowest BCUT2D eigenvalue weighted by Gasteiger charge is -2.29. The fraction of sp³-hybridized carbons (Fsp3) is 0.333. The quantitative estimate of drug-likeness (QED) is 0.385. The largest absolute Gasteiger partial charge is 0.404 e. The number of primary amides is 1. The van der Waals surface area contributed by atoms with Crippen LogP contribution in [0.15, 0.2) is 36.7 Å². The van der Waals surface area contributed by atoms with Crippen LogP contribution in [0.3, 0.4) is 0 Å². The van der Waals surface area contributed by atoms with Crippen molar-refractivity contribution in [2.75, 3.05) is 10.6 Å². The van der Waals surface area contributed by atoms with E-state index in [9.17, 15) is 9.59 Å². The maximum Gasteiger partial charge on any atom is 0.309 e. The number of hydrogen-bond donors (Lipinski definition) is 4. The van der Waals surface area contributed by atoms with Crippen LogP contribution in [0.1, 0.15) is 43.0 Å². The zero-order valence-corrected chi connectivity index (χ0v) is 18.1. The van der Waals surface area contributed by atoms with Gasteiger partial charge in [-0.1, -0.05) is 18.9 Å². The number of esters is 1. The second-order valence-electron chi connectivity index (χ2n) is 7.76. The van der Waals surface area contributed by atoms with Crippen molar-refractivity contribution in [3.05, 3.63) is 42.2 Å². The fourth-order valence-corrected chi connectivity index (χ4v) is 3.64. The van der Waals surface area contributed by atoms with Gasteiger partial charge >= 0.3 is 5.97 Å². The molecule has 1 aromatic carbocycles. The van der Waals surface area contributed by atoms with Crippen molar-refractivity contribution in [3.63, 3.8) is 0 Å². The summed E-state index contributed by atoms with van der Waals surface area (Å²) in [5, 5.41) is 14.6. The molecule has 12 nitrogen and oxygen atoms in total. The van der Waals surface area contributed by atoms with Gasteiger partial charge in [0.2, 0.25) is 5.95 Å². The van der Waals surface area contributed by atoms with Crippen LogP contribution in [0.25, 0.3) is 5.69 Å². The number of nitrogens with two attached hydrogens (primary N) is 2. The number of ether oxygens (including phenoxy) is 1. The normalized spacial score (nSPS) is 17.9. The number of anilines is 3. The Kier molecular flexibility index (Phi) is 6.45. The number of carbonyl (C=O) groups excluding carboxylic acids is 2. The van der Waals surface area contributed by atoms with Crippen molar-refractivity contribution >= 4 is 29.3 Å². The van der Waals surface area contributed by atoms with Gasteiger partial charge in [-0.25, -0.2) is 4.98 Å². The van der Waals surface area contributed by atoms with Gasteiger partial charge in [0.25, 0.3) is 11.8 Å². The number of nitrogens with one attached hydrogen (secondary N) is 2. The van der Waals surface area contributed by atoms with E-state index in [-0.39, 0.29) is 29.3 Å². The summed E-state index contributed by atoms with van der Waals surface area (Å²) in [6.45, 7) is 1.28. The molecule has 0 radical (unpaired) electrons. The number of amides is 1. The molecule has 0 unspecified atom stereocenters. The SMILES string of the molecule is CC(=O)Oc1cnn(-c2cccc(Nc3nc(N[C@@H]4CCCC[C@@H]4N)ncc3C(N)=O)c2)n1. The van der Waals surface area contributed by atoms with E-state index in [4.69, 9.17) is 16.2 Å². The van der Waals surface area contributed by atoms with Crippen LogP contribution in [0.2, 0.25) is 0 Å². The minimum absolute atomic E-state index is 0.0182. The van der Waals surface area contributed by atoms with Gasteiger partial charge in [-0.15, -0.1) is 9.90 Å². The molecule has 6 N–H and O–H groups in total. The van der Waals surface area contributed by atoms with Crippen molar-refractivity contribution in [1.29, 1.82) is 0 Å². The predicted octanol–water partition coefficient (Wildman–Crippen LogP) is 1.51. The number of rotatable bonds is 7. The van der Waals surface area contributed by atoms with Gasteiger partial charge in [0, 0.05) is 30.9 Å². The van der Waals surface area contributed by atoms with Crippen LogP contribution in [0.4, 0.5) is 17.5 Å². The van der Waals surface area contributed by atoms with Gasteiger partial charge in [-0.3, -0.25) is 9.59 Å². The average Bonchev–Trinajstić information content (AvgIpc) is 3.23. The monoisotopic (exact) mass is 451 g/mol. The second kappa shape index (κ2) is 9.61. The zero-order chi connectivity index (χ0) is 23.4. The van der Waals surface area contributed by atoms with Crippen LogP contribution in [0.5, 0.6) is 5.88 Å². The molecule has 0 aliphatic heterocycles. The maximum absolute atomic E-state index is 11.9. The number of nitrogens with zero attached hydrogens (tertiary/aromatic N) is 5. The Morgan fingerprint density at radius 3 is 2.79 bits per heavy atom. The van der Waals surface area contributed by atoms with E-state index >= 15 is 0 Å². The molecule has 1 amide bonds. The Hall–Kier alpha value is -4.06. The van der Waals surface area contributed by atoms with Gasteiger partial charge < -0.3 is 26.8 Å². The molecular weight excluding hydrogens is 426 g/mol. The highest BCUT2D eigenvalue weighted by atomic mass is 16.5. The number of benzene rings is 1. The van der Waals surface area contributed by atoms with E-state index in [2.05, 4.69) is 30.8 Å². The summed E-state index contributed by atoms with van der Waals surface area (Å²) in [5.74, 6) is -0.436. The molecule has 172 valence electrons. The van der Waals surface area contributed by atoms with Crippen molar-refractivity contribution in [2.24, 2.45) is 11.5 Å². The van der Waals surface area contributed by atoms with Gasteiger partial charge in [-0.05, 0) is 31.0 Å². The lowest BCUT2D eigenvalue weighted by atomic mass is 9.91. The van der Waals surface area contributed by atoms with Gasteiger partial charge in [-0.2, -0.15) is 10.1 Å². The number of hydrogen-bond acceptors (Lipinski definition) is 10.